The number of nitrogens with zero attached hydrogens (tertiary/aromatic N) is 1. The van der Waals surface area contributed by atoms with Gasteiger partial charge in [-0.15, -0.1) is 0 Å². The van der Waals surface area contributed by atoms with Crippen molar-refractivity contribution < 1.29 is 18.7 Å². The van der Waals surface area contributed by atoms with Gasteiger partial charge in [-0.1, -0.05) is 12.1 Å². The minimum absolute atomic E-state index is 0.0291. The first kappa shape index (κ1) is 14.6. The molecule has 0 aliphatic rings. The lowest BCUT2D eigenvalue weighted by atomic mass is 9.95. The normalized spacial score (nSPS) is 12.2. The highest BCUT2D eigenvalue weighted by atomic mass is 79.9. The first-order valence-corrected chi connectivity index (χ1v) is 6.55. The topological polar surface area (TPSA) is 50.2 Å². The predicted molar refractivity (Wildman–Crippen MR) is 72.4 cm³/mol. The van der Waals surface area contributed by atoms with E-state index in [4.69, 9.17) is 0 Å². The summed E-state index contributed by atoms with van der Waals surface area (Å²) in [4.78, 5) is 15.1. The SMILES string of the molecule is O=C(O)C(Cc1cccc(F)c1)c1ncc(Br)cc1F. The largest absolute Gasteiger partial charge is 0.481 e. The van der Waals surface area contributed by atoms with Gasteiger partial charge in [0.2, 0.25) is 0 Å². The molecule has 0 fully saturated rings. The number of aliphatic carboxylic acids is 1. The van der Waals surface area contributed by atoms with Crippen LogP contribution in [-0.4, -0.2) is 16.1 Å². The Bertz CT molecular complexity index is 649. The van der Waals surface area contributed by atoms with Crippen LogP contribution in [0.1, 0.15) is 17.2 Å². The van der Waals surface area contributed by atoms with Crippen LogP contribution in [-0.2, 0) is 11.2 Å². The van der Waals surface area contributed by atoms with E-state index in [2.05, 4.69) is 20.9 Å². The Hall–Kier alpha value is -1.82. The quantitative estimate of drug-likeness (QED) is 0.925. The summed E-state index contributed by atoms with van der Waals surface area (Å²) in [5.41, 5.74) is 0.312. The van der Waals surface area contributed by atoms with Gasteiger partial charge in [-0.3, -0.25) is 9.78 Å². The van der Waals surface area contributed by atoms with E-state index in [0.29, 0.717) is 10.0 Å². The molecule has 2 aromatic rings. The molecule has 6 heteroatoms. The third-order valence-electron chi connectivity index (χ3n) is 2.79. The van der Waals surface area contributed by atoms with E-state index in [-0.39, 0.29) is 12.1 Å². The zero-order valence-electron chi connectivity index (χ0n) is 10.2. The van der Waals surface area contributed by atoms with Gasteiger partial charge in [-0.25, -0.2) is 8.78 Å². The van der Waals surface area contributed by atoms with E-state index in [1.54, 1.807) is 6.07 Å². The Morgan fingerprint density at radius 2 is 2.10 bits per heavy atom. The summed E-state index contributed by atoms with van der Waals surface area (Å²) in [7, 11) is 0. The van der Waals surface area contributed by atoms with Crippen LogP contribution in [0, 0.1) is 11.6 Å². The zero-order valence-corrected chi connectivity index (χ0v) is 11.8. The second kappa shape index (κ2) is 6.09. The van der Waals surface area contributed by atoms with Gasteiger partial charge in [-0.05, 0) is 46.1 Å². The summed E-state index contributed by atoms with van der Waals surface area (Å²) in [6, 6.07) is 6.72. The molecular formula is C14H10BrF2NO2. The van der Waals surface area contributed by atoms with E-state index in [1.807, 2.05) is 0 Å². The molecule has 20 heavy (non-hydrogen) atoms. The fourth-order valence-corrected chi connectivity index (χ4v) is 2.19. The number of hydrogen-bond acceptors (Lipinski definition) is 2. The molecule has 2 rings (SSSR count). The number of hydrogen-bond donors (Lipinski definition) is 1. The van der Waals surface area contributed by atoms with Gasteiger partial charge in [0.05, 0.1) is 5.69 Å². The Morgan fingerprint density at radius 3 is 2.70 bits per heavy atom. The summed E-state index contributed by atoms with van der Waals surface area (Å²) in [5, 5.41) is 9.24. The third-order valence-corrected chi connectivity index (χ3v) is 3.23. The van der Waals surface area contributed by atoms with Crippen LogP contribution in [0.3, 0.4) is 0 Å². The highest BCUT2D eigenvalue weighted by molar-refractivity contribution is 9.10. The lowest BCUT2D eigenvalue weighted by Gasteiger charge is -2.13. The van der Waals surface area contributed by atoms with E-state index in [1.165, 1.54) is 24.4 Å². The molecule has 1 unspecified atom stereocenters. The van der Waals surface area contributed by atoms with Gasteiger partial charge >= 0.3 is 5.97 Å². The van der Waals surface area contributed by atoms with Crippen molar-refractivity contribution in [1.82, 2.24) is 4.98 Å². The van der Waals surface area contributed by atoms with Crippen molar-refractivity contribution >= 4 is 21.9 Å². The number of pyridine rings is 1. The van der Waals surface area contributed by atoms with Crippen LogP contribution < -0.4 is 0 Å². The Balaban J connectivity index is 2.34. The second-order valence-electron chi connectivity index (χ2n) is 4.25. The molecule has 0 bridgehead atoms. The van der Waals surface area contributed by atoms with Gasteiger partial charge in [-0.2, -0.15) is 0 Å². The van der Waals surface area contributed by atoms with Crippen LogP contribution >= 0.6 is 15.9 Å². The average Bonchev–Trinajstić information content (AvgIpc) is 2.36. The Morgan fingerprint density at radius 1 is 1.35 bits per heavy atom. The molecular weight excluding hydrogens is 332 g/mol. The lowest BCUT2D eigenvalue weighted by Crippen LogP contribution is -2.17. The molecule has 1 atom stereocenters. The molecule has 1 aromatic heterocycles. The van der Waals surface area contributed by atoms with Crippen LogP contribution in [0.4, 0.5) is 8.78 Å². The number of aromatic nitrogens is 1. The van der Waals surface area contributed by atoms with Crippen LogP contribution in [0.15, 0.2) is 41.0 Å². The van der Waals surface area contributed by atoms with E-state index in [9.17, 15) is 18.7 Å². The van der Waals surface area contributed by atoms with Crippen molar-refractivity contribution in [2.45, 2.75) is 12.3 Å². The van der Waals surface area contributed by atoms with E-state index < -0.39 is 23.5 Å². The Labute approximate surface area is 122 Å². The first-order valence-electron chi connectivity index (χ1n) is 5.75. The van der Waals surface area contributed by atoms with E-state index >= 15 is 0 Å². The fourth-order valence-electron chi connectivity index (χ4n) is 1.88. The first-order chi connectivity index (χ1) is 9.47. The van der Waals surface area contributed by atoms with Crippen molar-refractivity contribution in [1.29, 1.82) is 0 Å². The summed E-state index contributed by atoms with van der Waals surface area (Å²) in [5.74, 6) is -3.54. The molecule has 0 saturated heterocycles. The monoisotopic (exact) mass is 341 g/mol. The highest BCUT2D eigenvalue weighted by Crippen LogP contribution is 2.24. The number of halogens is 3. The second-order valence-corrected chi connectivity index (χ2v) is 5.16. The standard InChI is InChI=1S/C14H10BrF2NO2/c15-9-6-12(17)13(18-7-9)11(14(19)20)5-8-2-1-3-10(16)4-8/h1-4,6-7,11H,5H2,(H,19,20). The lowest BCUT2D eigenvalue weighted by molar-refractivity contribution is -0.138. The van der Waals surface area contributed by atoms with Gasteiger partial charge in [0.15, 0.2) is 0 Å². The molecule has 0 spiro atoms. The minimum atomic E-state index is -1.21. The van der Waals surface area contributed by atoms with Crippen LogP contribution in [0.2, 0.25) is 0 Å². The molecule has 0 aliphatic carbocycles. The molecule has 104 valence electrons. The predicted octanol–water partition coefficient (Wildman–Crippen LogP) is 3.53. The number of carboxylic acid groups (broad SMARTS) is 1. The van der Waals surface area contributed by atoms with Crippen molar-refractivity contribution in [3.63, 3.8) is 0 Å². The van der Waals surface area contributed by atoms with Crippen LogP contribution in [0.5, 0.6) is 0 Å². The van der Waals surface area contributed by atoms with Crippen molar-refractivity contribution in [2.75, 3.05) is 0 Å². The Kier molecular flexibility index (Phi) is 4.44. The minimum Gasteiger partial charge on any atom is -0.481 e. The van der Waals surface area contributed by atoms with Gasteiger partial charge in [0.25, 0.3) is 0 Å². The molecule has 0 radical (unpaired) electrons. The highest BCUT2D eigenvalue weighted by Gasteiger charge is 2.25. The van der Waals surface area contributed by atoms with Crippen molar-refractivity contribution in [2.24, 2.45) is 0 Å². The maximum atomic E-state index is 13.8. The summed E-state index contributed by atoms with van der Waals surface area (Å²) in [6.45, 7) is 0. The van der Waals surface area contributed by atoms with E-state index in [0.717, 1.165) is 6.07 Å². The third kappa shape index (κ3) is 3.39. The van der Waals surface area contributed by atoms with Crippen LogP contribution in [0.25, 0.3) is 0 Å². The fraction of sp³-hybridized carbons (Fsp3) is 0.143. The molecule has 0 saturated carbocycles. The molecule has 0 amide bonds. The number of benzene rings is 1. The molecule has 0 aliphatic heterocycles. The average molecular weight is 342 g/mol. The zero-order chi connectivity index (χ0) is 14.7. The molecule has 1 aromatic carbocycles. The van der Waals surface area contributed by atoms with Gasteiger partial charge < -0.3 is 5.11 Å². The van der Waals surface area contributed by atoms with Gasteiger partial charge in [0.1, 0.15) is 17.6 Å². The maximum absolute atomic E-state index is 13.8. The maximum Gasteiger partial charge on any atom is 0.313 e. The van der Waals surface area contributed by atoms with Crippen molar-refractivity contribution in [3.8, 4) is 0 Å². The van der Waals surface area contributed by atoms with Crippen molar-refractivity contribution in [3.05, 3.63) is 63.9 Å². The number of carboxylic acids is 1. The molecule has 1 N–H and O–H groups in total. The summed E-state index contributed by atoms with van der Waals surface area (Å²) >= 11 is 3.06. The smallest absolute Gasteiger partial charge is 0.313 e. The van der Waals surface area contributed by atoms with Gasteiger partial charge in [0, 0.05) is 10.7 Å². The summed E-state index contributed by atoms with van der Waals surface area (Å²) < 4.78 is 27.3. The number of rotatable bonds is 4. The molecule has 3 nitrogen and oxygen atoms in total. The summed E-state index contributed by atoms with van der Waals surface area (Å²) in [6.07, 6.45) is 1.30. The molecule has 1 heterocycles. The number of carbonyl (C=O) groups is 1.